The summed E-state index contributed by atoms with van der Waals surface area (Å²) in [6.45, 7) is 4.45. The molecule has 0 spiro atoms. The number of rotatable bonds is 7. The summed E-state index contributed by atoms with van der Waals surface area (Å²) in [5.74, 6) is 1.65. The quantitative estimate of drug-likeness (QED) is 0.519. The Morgan fingerprint density at radius 1 is 0.848 bits per heavy atom. The van der Waals surface area contributed by atoms with Gasteiger partial charge < -0.3 is 14.6 Å². The van der Waals surface area contributed by atoms with Gasteiger partial charge in [0.2, 0.25) is 0 Å². The molecular formula is C29H31NO3. The van der Waals surface area contributed by atoms with E-state index in [1.54, 1.807) is 0 Å². The SMILES string of the molecule is OC(C1=C(c2ccccc2)COc2ccccc21)c1ccc(OCCN2CCCCC2)cc1. The number of piperidine rings is 1. The van der Waals surface area contributed by atoms with E-state index in [0.717, 1.165) is 45.9 Å². The average Bonchev–Trinajstić information content (AvgIpc) is 2.89. The van der Waals surface area contributed by atoms with Gasteiger partial charge in [-0.2, -0.15) is 0 Å². The fraction of sp³-hybridized carbons (Fsp3) is 0.310. The number of aliphatic hydroxyl groups is 1. The molecule has 0 bridgehead atoms. The molecule has 0 aliphatic carbocycles. The summed E-state index contributed by atoms with van der Waals surface area (Å²) in [7, 11) is 0. The van der Waals surface area contributed by atoms with Gasteiger partial charge in [-0.1, -0.05) is 67.1 Å². The van der Waals surface area contributed by atoms with Crippen molar-refractivity contribution >= 4 is 11.1 Å². The van der Waals surface area contributed by atoms with Crippen LogP contribution in [0.25, 0.3) is 11.1 Å². The van der Waals surface area contributed by atoms with E-state index in [1.807, 2.05) is 66.7 Å². The van der Waals surface area contributed by atoms with Crippen molar-refractivity contribution in [3.8, 4) is 11.5 Å². The van der Waals surface area contributed by atoms with Crippen LogP contribution in [0.2, 0.25) is 0 Å². The van der Waals surface area contributed by atoms with E-state index in [1.165, 1.54) is 32.4 Å². The van der Waals surface area contributed by atoms with Gasteiger partial charge in [0.05, 0.1) is 0 Å². The van der Waals surface area contributed by atoms with Crippen molar-refractivity contribution in [3.05, 3.63) is 95.6 Å². The summed E-state index contributed by atoms with van der Waals surface area (Å²) >= 11 is 0. The zero-order valence-corrected chi connectivity index (χ0v) is 19.0. The Morgan fingerprint density at radius 2 is 1.58 bits per heavy atom. The molecule has 0 aromatic heterocycles. The second-order valence-corrected chi connectivity index (χ2v) is 8.77. The van der Waals surface area contributed by atoms with E-state index < -0.39 is 6.10 Å². The van der Waals surface area contributed by atoms with Crippen molar-refractivity contribution in [3.63, 3.8) is 0 Å². The first kappa shape index (κ1) is 21.7. The summed E-state index contributed by atoms with van der Waals surface area (Å²) < 4.78 is 12.0. The molecule has 170 valence electrons. The second-order valence-electron chi connectivity index (χ2n) is 8.77. The van der Waals surface area contributed by atoms with Gasteiger partial charge in [0.1, 0.15) is 30.8 Å². The normalized spacial score (nSPS) is 17.2. The van der Waals surface area contributed by atoms with E-state index in [9.17, 15) is 5.11 Å². The largest absolute Gasteiger partial charge is 0.492 e. The van der Waals surface area contributed by atoms with Gasteiger partial charge in [-0.05, 0) is 55.3 Å². The van der Waals surface area contributed by atoms with Crippen molar-refractivity contribution in [2.45, 2.75) is 25.4 Å². The number of ether oxygens (including phenoxy) is 2. The van der Waals surface area contributed by atoms with Gasteiger partial charge in [0.15, 0.2) is 0 Å². The van der Waals surface area contributed by atoms with Crippen LogP contribution >= 0.6 is 0 Å². The van der Waals surface area contributed by atoms with Crippen LogP contribution in [0.15, 0.2) is 78.9 Å². The number of aliphatic hydroxyl groups excluding tert-OH is 1. The molecule has 0 radical (unpaired) electrons. The predicted molar refractivity (Wildman–Crippen MR) is 132 cm³/mol. The van der Waals surface area contributed by atoms with E-state index in [4.69, 9.17) is 9.47 Å². The highest BCUT2D eigenvalue weighted by molar-refractivity contribution is 5.96. The Labute approximate surface area is 196 Å². The molecule has 3 aromatic rings. The zero-order valence-electron chi connectivity index (χ0n) is 19.0. The first-order valence-electron chi connectivity index (χ1n) is 11.9. The molecule has 0 amide bonds. The maximum absolute atomic E-state index is 11.5. The molecule has 5 rings (SSSR count). The van der Waals surface area contributed by atoms with E-state index >= 15 is 0 Å². The lowest BCUT2D eigenvalue weighted by Gasteiger charge is -2.28. The molecule has 2 aliphatic rings. The first-order chi connectivity index (χ1) is 16.3. The molecule has 2 heterocycles. The Kier molecular flexibility index (Phi) is 6.75. The number of hydrogen-bond acceptors (Lipinski definition) is 4. The fourth-order valence-electron chi connectivity index (χ4n) is 4.78. The molecule has 1 atom stereocenters. The van der Waals surface area contributed by atoms with E-state index in [2.05, 4.69) is 17.0 Å². The Balaban J connectivity index is 1.36. The number of hydrogen-bond donors (Lipinski definition) is 1. The Bertz CT molecular complexity index is 1090. The van der Waals surface area contributed by atoms with Crippen LogP contribution in [0.1, 0.15) is 42.1 Å². The molecule has 1 saturated heterocycles. The minimum absolute atomic E-state index is 0.436. The molecular weight excluding hydrogens is 410 g/mol. The van der Waals surface area contributed by atoms with Gasteiger partial charge in [0.25, 0.3) is 0 Å². The van der Waals surface area contributed by atoms with Crippen molar-refractivity contribution in [1.82, 2.24) is 4.90 Å². The van der Waals surface area contributed by atoms with Gasteiger partial charge in [-0.15, -0.1) is 0 Å². The van der Waals surface area contributed by atoms with Gasteiger partial charge >= 0.3 is 0 Å². The summed E-state index contributed by atoms with van der Waals surface area (Å²) in [5.41, 5.74) is 4.78. The monoisotopic (exact) mass is 441 g/mol. The van der Waals surface area contributed by atoms with Crippen LogP contribution < -0.4 is 9.47 Å². The number of para-hydroxylation sites is 1. The highest BCUT2D eigenvalue weighted by Gasteiger charge is 2.27. The maximum atomic E-state index is 11.5. The van der Waals surface area contributed by atoms with Crippen LogP contribution in [-0.4, -0.2) is 42.9 Å². The van der Waals surface area contributed by atoms with Crippen LogP contribution in [0.5, 0.6) is 11.5 Å². The van der Waals surface area contributed by atoms with Crippen LogP contribution in [0.4, 0.5) is 0 Å². The van der Waals surface area contributed by atoms with Gasteiger partial charge in [-0.3, -0.25) is 4.90 Å². The van der Waals surface area contributed by atoms with E-state index in [0.29, 0.717) is 13.2 Å². The van der Waals surface area contributed by atoms with Crippen molar-refractivity contribution < 1.29 is 14.6 Å². The minimum Gasteiger partial charge on any atom is -0.492 e. The smallest absolute Gasteiger partial charge is 0.127 e. The van der Waals surface area contributed by atoms with Crippen molar-refractivity contribution in [2.75, 3.05) is 32.8 Å². The Hall–Kier alpha value is -3.08. The van der Waals surface area contributed by atoms with Crippen LogP contribution in [-0.2, 0) is 0 Å². The van der Waals surface area contributed by atoms with Crippen LogP contribution in [0.3, 0.4) is 0 Å². The second kappa shape index (κ2) is 10.2. The maximum Gasteiger partial charge on any atom is 0.127 e. The van der Waals surface area contributed by atoms with Gasteiger partial charge in [0, 0.05) is 23.3 Å². The number of benzene rings is 3. The molecule has 4 nitrogen and oxygen atoms in total. The number of fused-ring (bicyclic) bond motifs is 1. The highest BCUT2D eigenvalue weighted by atomic mass is 16.5. The molecule has 1 N–H and O–H groups in total. The molecule has 3 aromatic carbocycles. The van der Waals surface area contributed by atoms with Crippen molar-refractivity contribution in [2.24, 2.45) is 0 Å². The summed E-state index contributed by atoms with van der Waals surface area (Å²) in [6, 6.07) is 26.0. The molecule has 0 saturated carbocycles. The van der Waals surface area contributed by atoms with Gasteiger partial charge in [-0.25, -0.2) is 0 Å². The molecule has 2 aliphatic heterocycles. The molecule has 1 unspecified atom stereocenters. The third-order valence-electron chi connectivity index (χ3n) is 6.59. The highest BCUT2D eigenvalue weighted by Crippen LogP contribution is 2.43. The topological polar surface area (TPSA) is 41.9 Å². The minimum atomic E-state index is -0.757. The summed E-state index contributed by atoms with van der Waals surface area (Å²) in [5, 5.41) is 11.5. The predicted octanol–water partition coefficient (Wildman–Crippen LogP) is 5.59. The lowest BCUT2D eigenvalue weighted by molar-refractivity contribution is 0.183. The average molecular weight is 442 g/mol. The summed E-state index contributed by atoms with van der Waals surface area (Å²) in [6.07, 6.45) is 3.18. The standard InChI is InChI=1S/C29H31NO3/c31-29(23-13-15-24(16-14-23)32-20-19-30-17-7-2-8-18-30)28-25-11-5-6-12-27(25)33-21-26(28)22-9-3-1-4-10-22/h1,3-6,9-16,29,31H,2,7-8,17-21H2. The third-order valence-corrected chi connectivity index (χ3v) is 6.59. The van der Waals surface area contributed by atoms with Crippen molar-refractivity contribution in [1.29, 1.82) is 0 Å². The summed E-state index contributed by atoms with van der Waals surface area (Å²) in [4.78, 5) is 2.47. The first-order valence-corrected chi connectivity index (χ1v) is 11.9. The van der Waals surface area contributed by atoms with Crippen LogP contribution in [0, 0.1) is 0 Å². The number of nitrogens with zero attached hydrogens (tertiary/aromatic N) is 1. The third kappa shape index (κ3) is 4.97. The van der Waals surface area contributed by atoms with E-state index in [-0.39, 0.29) is 0 Å². The fourth-order valence-corrected chi connectivity index (χ4v) is 4.78. The molecule has 1 fully saturated rings. The molecule has 4 heteroatoms. The lowest BCUT2D eigenvalue weighted by Crippen LogP contribution is -2.33. The number of likely N-dealkylation sites (tertiary alicyclic amines) is 1. The zero-order chi connectivity index (χ0) is 22.5. The Morgan fingerprint density at radius 3 is 2.36 bits per heavy atom. The molecule has 33 heavy (non-hydrogen) atoms. The lowest BCUT2D eigenvalue weighted by atomic mass is 9.86.